The number of fused-ring (bicyclic) bond motifs is 1. The second-order valence-corrected chi connectivity index (χ2v) is 10.0. The Balaban J connectivity index is 1.30. The van der Waals surface area contributed by atoms with Gasteiger partial charge in [-0.2, -0.15) is 0 Å². The maximum atomic E-state index is 12.1. The predicted octanol–water partition coefficient (Wildman–Crippen LogP) is 1.91. The first kappa shape index (κ1) is 24.9. The zero-order valence-electron chi connectivity index (χ0n) is 21.6. The van der Waals surface area contributed by atoms with Gasteiger partial charge in [-0.3, -0.25) is 9.69 Å². The van der Waals surface area contributed by atoms with E-state index in [4.69, 9.17) is 19.4 Å². The van der Waals surface area contributed by atoms with Crippen LogP contribution in [0.5, 0.6) is 0 Å². The topological polar surface area (TPSA) is 74.3 Å². The van der Waals surface area contributed by atoms with Crippen molar-refractivity contribution in [3.8, 4) is 11.4 Å². The molecule has 3 aliphatic heterocycles. The number of ether oxygens (including phenoxy) is 2. The molecular formula is C27H38N6O3. The molecule has 4 heterocycles. The Bertz CT molecular complexity index is 1020. The Kier molecular flexibility index (Phi) is 7.99. The highest BCUT2D eigenvalue weighted by atomic mass is 16.5. The van der Waals surface area contributed by atoms with Crippen molar-refractivity contribution in [1.82, 2.24) is 19.8 Å². The number of hydrogen-bond donors (Lipinski definition) is 0. The molecule has 0 aliphatic carbocycles. The van der Waals surface area contributed by atoms with Crippen LogP contribution >= 0.6 is 0 Å². The van der Waals surface area contributed by atoms with Gasteiger partial charge in [-0.15, -0.1) is 0 Å². The third kappa shape index (κ3) is 5.79. The molecule has 2 fully saturated rings. The number of esters is 1. The lowest BCUT2D eigenvalue weighted by Crippen LogP contribution is -2.44. The number of benzene rings is 1. The van der Waals surface area contributed by atoms with Crippen LogP contribution in [0, 0.1) is 0 Å². The predicted molar refractivity (Wildman–Crippen MR) is 141 cm³/mol. The number of aromatic nitrogens is 2. The summed E-state index contributed by atoms with van der Waals surface area (Å²) in [6, 6.07) is 8.66. The second kappa shape index (κ2) is 11.5. The molecule has 9 nitrogen and oxygen atoms in total. The van der Waals surface area contributed by atoms with E-state index in [1.165, 1.54) is 12.8 Å². The number of nitrogens with zero attached hydrogens (tertiary/aromatic N) is 6. The number of hydrogen-bond acceptors (Lipinski definition) is 9. The molecule has 0 radical (unpaired) electrons. The number of carbonyl (C=O) groups is 1. The van der Waals surface area contributed by atoms with E-state index in [1.807, 2.05) is 6.20 Å². The molecule has 1 atom stereocenters. The molecule has 9 heteroatoms. The molecule has 1 aromatic heterocycles. The van der Waals surface area contributed by atoms with Gasteiger partial charge in [0.2, 0.25) is 0 Å². The molecule has 0 spiro atoms. The molecule has 1 unspecified atom stereocenters. The molecule has 3 aliphatic rings. The SMILES string of the molecule is COC(=O)CC1Cc2cnc(-c3ccc(N4CCN(C)CC4)cc3)nc2N1CCCN1CCOCC1. The summed E-state index contributed by atoms with van der Waals surface area (Å²) >= 11 is 0. The van der Waals surface area contributed by atoms with Crippen molar-refractivity contribution >= 4 is 17.5 Å². The van der Waals surface area contributed by atoms with Crippen molar-refractivity contribution in [2.75, 3.05) is 89.5 Å². The minimum absolute atomic E-state index is 0.0568. The molecular weight excluding hydrogens is 456 g/mol. The summed E-state index contributed by atoms with van der Waals surface area (Å²) in [6.45, 7) is 9.73. The second-order valence-electron chi connectivity index (χ2n) is 10.0. The average molecular weight is 495 g/mol. The maximum absolute atomic E-state index is 12.1. The summed E-state index contributed by atoms with van der Waals surface area (Å²) < 4.78 is 10.5. The van der Waals surface area contributed by atoms with Gasteiger partial charge < -0.3 is 24.2 Å². The molecule has 0 saturated carbocycles. The minimum Gasteiger partial charge on any atom is -0.469 e. The molecule has 0 amide bonds. The molecule has 2 aromatic rings. The summed E-state index contributed by atoms with van der Waals surface area (Å²) in [5.41, 5.74) is 3.37. The van der Waals surface area contributed by atoms with Crippen LogP contribution in [0.1, 0.15) is 18.4 Å². The molecule has 0 bridgehead atoms. The number of likely N-dealkylation sites (N-methyl/N-ethyl adjacent to an activating group) is 1. The van der Waals surface area contributed by atoms with Crippen LogP contribution in [0.15, 0.2) is 30.5 Å². The largest absolute Gasteiger partial charge is 0.469 e. The van der Waals surface area contributed by atoms with E-state index in [2.05, 4.69) is 50.9 Å². The van der Waals surface area contributed by atoms with Crippen LogP contribution in [-0.4, -0.2) is 112 Å². The number of morpholine rings is 1. The van der Waals surface area contributed by atoms with Crippen LogP contribution in [0.4, 0.5) is 11.5 Å². The van der Waals surface area contributed by atoms with Crippen LogP contribution in [-0.2, 0) is 20.7 Å². The molecule has 36 heavy (non-hydrogen) atoms. The fourth-order valence-electron chi connectivity index (χ4n) is 5.39. The lowest BCUT2D eigenvalue weighted by atomic mass is 10.1. The molecule has 194 valence electrons. The molecule has 5 rings (SSSR count). The van der Waals surface area contributed by atoms with Gasteiger partial charge in [0, 0.05) is 81.4 Å². The van der Waals surface area contributed by atoms with Gasteiger partial charge in [-0.25, -0.2) is 9.97 Å². The zero-order valence-corrected chi connectivity index (χ0v) is 21.6. The summed E-state index contributed by atoms with van der Waals surface area (Å²) in [6.07, 6.45) is 4.08. The Morgan fingerprint density at radius 2 is 1.81 bits per heavy atom. The van der Waals surface area contributed by atoms with Crippen molar-refractivity contribution < 1.29 is 14.3 Å². The quantitative estimate of drug-likeness (QED) is 0.512. The lowest BCUT2D eigenvalue weighted by molar-refractivity contribution is -0.141. The van der Waals surface area contributed by atoms with Crippen molar-refractivity contribution in [1.29, 1.82) is 0 Å². The first-order valence-electron chi connectivity index (χ1n) is 13.1. The van der Waals surface area contributed by atoms with Gasteiger partial charge in [-0.1, -0.05) is 0 Å². The monoisotopic (exact) mass is 494 g/mol. The molecule has 1 aromatic carbocycles. The maximum Gasteiger partial charge on any atom is 0.307 e. The van der Waals surface area contributed by atoms with E-state index < -0.39 is 0 Å². The number of piperazine rings is 1. The van der Waals surface area contributed by atoms with E-state index in [-0.39, 0.29) is 12.0 Å². The highest BCUT2D eigenvalue weighted by molar-refractivity contribution is 5.72. The molecule has 2 saturated heterocycles. The first-order valence-corrected chi connectivity index (χ1v) is 13.1. The number of anilines is 2. The average Bonchev–Trinajstić information content (AvgIpc) is 3.25. The molecule has 0 N–H and O–H groups in total. The van der Waals surface area contributed by atoms with Gasteiger partial charge in [0.15, 0.2) is 5.82 Å². The third-order valence-electron chi connectivity index (χ3n) is 7.61. The summed E-state index contributed by atoms with van der Waals surface area (Å²) in [4.78, 5) is 31.4. The fraction of sp³-hybridized carbons (Fsp3) is 0.593. The zero-order chi connectivity index (χ0) is 24.9. The van der Waals surface area contributed by atoms with Crippen LogP contribution in [0.25, 0.3) is 11.4 Å². The van der Waals surface area contributed by atoms with Crippen molar-refractivity contribution in [2.45, 2.75) is 25.3 Å². The van der Waals surface area contributed by atoms with E-state index in [0.717, 1.165) is 101 Å². The van der Waals surface area contributed by atoms with Gasteiger partial charge >= 0.3 is 5.97 Å². The smallest absolute Gasteiger partial charge is 0.307 e. The first-order chi connectivity index (χ1) is 17.6. The third-order valence-corrected chi connectivity index (χ3v) is 7.61. The highest BCUT2D eigenvalue weighted by Gasteiger charge is 2.33. The highest BCUT2D eigenvalue weighted by Crippen LogP contribution is 2.33. The van der Waals surface area contributed by atoms with E-state index >= 15 is 0 Å². The summed E-state index contributed by atoms with van der Waals surface area (Å²) in [5, 5.41) is 0. The van der Waals surface area contributed by atoms with Crippen LogP contribution in [0.3, 0.4) is 0 Å². The Morgan fingerprint density at radius 3 is 2.53 bits per heavy atom. The van der Waals surface area contributed by atoms with Crippen LogP contribution in [0.2, 0.25) is 0 Å². The van der Waals surface area contributed by atoms with Crippen molar-refractivity contribution in [3.05, 3.63) is 36.0 Å². The standard InChI is InChI=1S/C27H38N6O3/c1-30-10-12-32(13-11-30)23-6-4-21(5-7-23)26-28-20-22-18-24(19-25(34)35-2)33(27(22)29-26)9-3-8-31-14-16-36-17-15-31/h4-7,20,24H,3,8-19H2,1-2H3. The van der Waals surface area contributed by atoms with Gasteiger partial charge in [-0.05, 0) is 44.2 Å². The summed E-state index contributed by atoms with van der Waals surface area (Å²) in [7, 11) is 3.63. The number of methoxy groups -OCH3 is 1. The van der Waals surface area contributed by atoms with E-state index in [1.54, 1.807) is 0 Å². The Morgan fingerprint density at radius 1 is 1.06 bits per heavy atom. The normalized spacial score (nSPS) is 21.0. The number of rotatable bonds is 8. The van der Waals surface area contributed by atoms with Gasteiger partial charge in [0.25, 0.3) is 0 Å². The van der Waals surface area contributed by atoms with Crippen molar-refractivity contribution in [2.24, 2.45) is 0 Å². The minimum atomic E-state index is -0.182. The van der Waals surface area contributed by atoms with E-state index in [0.29, 0.717) is 6.42 Å². The number of carbonyl (C=O) groups excluding carboxylic acids is 1. The Hall–Kier alpha value is -2.75. The summed E-state index contributed by atoms with van der Waals surface area (Å²) in [5.74, 6) is 1.51. The fourth-order valence-corrected chi connectivity index (χ4v) is 5.39. The van der Waals surface area contributed by atoms with Gasteiger partial charge in [0.1, 0.15) is 5.82 Å². The van der Waals surface area contributed by atoms with Crippen molar-refractivity contribution in [3.63, 3.8) is 0 Å². The van der Waals surface area contributed by atoms with Gasteiger partial charge in [0.05, 0.1) is 26.7 Å². The Labute approximate surface area is 214 Å². The van der Waals surface area contributed by atoms with Crippen LogP contribution < -0.4 is 9.80 Å². The lowest BCUT2D eigenvalue weighted by Gasteiger charge is -2.34. The van der Waals surface area contributed by atoms with E-state index in [9.17, 15) is 4.79 Å².